The first kappa shape index (κ1) is 21.4. The van der Waals surface area contributed by atoms with Crippen molar-refractivity contribution in [2.45, 2.75) is 44.9 Å². The molecule has 156 valence electrons. The molecule has 2 saturated heterocycles. The number of ether oxygens (including phenoxy) is 1. The molecule has 2 amide bonds. The fourth-order valence-corrected chi connectivity index (χ4v) is 5.07. The van der Waals surface area contributed by atoms with Crippen LogP contribution in [0.4, 0.5) is 4.79 Å². The summed E-state index contributed by atoms with van der Waals surface area (Å²) in [6.45, 7) is 5.27. The summed E-state index contributed by atoms with van der Waals surface area (Å²) >= 11 is 3.69. The number of carbonyl (C=O) groups excluding carboxylic acids is 1. The number of rotatable bonds is 7. The molecular weight excluding hydrogens is 418 g/mol. The lowest BCUT2D eigenvalue weighted by Crippen LogP contribution is -2.43. The van der Waals surface area contributed by atoms with E-state index < -0.39 is 0 Å². The molecule has 1 aromatic carbocycles. The third-order valence-electron chi connectivity index (χ3n) is 6.39. The molecule has 0 aliphatic carbocycles. The largest absolute Gasteiger partial charge is 0.497 e. The first-order valence-corrected chi connectivity index (χ1v) is 11.4. The second kappa shape index (κ2) is 10.5. The second-order valence-corrected chi connectivity index (χ2v) is 9.24. The Bertz CT molecular complexity index is 647. The van der Waals surface area contributed by atoms with E-state index in [0.717, 1.165) is 37.6 Å². The molecule has 5 nitrogen and oxygen atoms in total. The molecule has 1 unspecified atom stereocenters. The Labute approximate surface area is 177 Å². The molecule has 0 aromatic heterocycles. The van der Waals surface area contributed by atoms with Gasteiger partial charge in [-0.15, -0.1) is 0 Å². The Morgan fingerprint density at radius 1 is 1.21 bits per heavy atom. The number of benzene rings is 1. The summed E-state index contributed by atoms with van der Waals surface area (Å²) in [5.41, 5.74) is 6.79. The topological polar surface area (TPSA) is 58.8 Å². The van der Waals surface area contributed by atoms with Gasteiger partial charge in [-0.3, -0.25) is 0 Å². The zero-order chi connectivity index (χ0) is 19.9. The number of methoxy groups -OCH3 is 1. The molecule has 28 heavy (non-hydrogen) atoms. The van der Waals surface area contributed by atoms with Crippen molar-refractivity contribution in [1.82, 2.24) is 9.80 Å². The Morgan fingerprint density at radius 3 is 2.71 bits per heavy atom. The van der Waals surface area contributed by atoms with E-state index in [9.17, 15) is 4.79 Å². The highest BCUT2D eigenvalue weighted by atomic mass is 79.9. The van der Waals surface area contributed by atoms with Crippen molar-refractivity contribution in [1.29, 1.82) is 0 Å². The quantitative estimate of drug-likeness (QED) is 0.672. The smallest absolute Gasteiger partial charge is 0.314 e. The van der Waals surface area contributed by atoms with E-state index in [-0.39, 0.29) is 6.03 Å². The maximum Gasteiger partial charge on any atom is 0.314 e. The average molecular weight is 452 g/mol. The highest BCUT2D eigenvalue weighted by molar-refractivity contribution is 9.10. The third-order valence-corrected chi connectivity index (χ3v) is 7.16. The molecule has 0 saturated carbocycles. The van der Waals surface area contributed by atoms with Gasteiger partial charge in [-0.25, -0.2) is 4.79 Å². The number of urea groups is 1. The van der Waals surface area contributed by atoms with E-state index in [1.165, 1.54) is 61.8 Å². The molecule has 1 aromatic rings. The van der Waals surface area contributed by atoms with E-state index in [0.29, 0.717) is 5.92 Å². The SMILES string of the molecule is COc1ccc(Br)c(CC2CCN(CCCC3CCCN(C(N)=O)C3)CC2)c1. The van der Waals surface area contributed by atoms with Crippen LogP contribution in [0.15, 0.2) is 22.7 Å². The first-order chi connectivity index (χ1) is 13.5. The maximum absolute atomic E-state index is 11.4. The van der Waals surface area contributed by atoms with Crippen molar-refractivity contribution in [3.05, 3.63) is 28.2 Å². The van der Waals surface area contributed by atoms with E-state index in [1.807, 2.05) is 11.0 Å². The van der Waals surface area contributed by atoms with Gasteiger partial charge in [-0.05, 0) is 100 Å². The lowest BCUT2D eigenvalue weighted by atomic mass is 9.89. The van der Waals surface area contributed by atoms with Crippen molar-refractivity contribution in [2.75, 3.05) is 39.8 Å². The monoisotopic (exact) mass is 451 g/mol. The molecule has 0 radical (unpaired) electrons. The Hall–Kier alpha value is -1.27. The molecule has 2 aliphatic heterocycles. The molecule has 2 N–H and O–H groups in total. The third kappa shape index (κ3) is 6.11. The predicted octanol–water partition coefficient (Wildman–Crippen LogP) is 4.28. The molecular formula is C22H34BrN3O2. The summed E-state index contributed by atoms with van der Waals surface area (Å²) in [7, 11) is 1.73. The molecule has 0 spiro atoms. The van der Waals surface area contributed by atoms with Crippen molar-refractivity contribution < 1.29 is 9.53 Å². The van der Waals surface area contributed by atoms with Gasteiger partial charge in [0, 0.05) is 17.6 Å². The van der Waals surface area contributed by atoms with Gasteiger partial charge in [0.2, 0.25) is 0 Å². The number of nitrogens with two attached hydrogens (primary N) is 1. The molecule has 6 heteroatoms. The van der Waals surface area contributed by atoms with Gasteiger partial charge in [-0.1, -0.05) is 15.9 Å². The minimum Gasteiger partial charge on any atom is -0.497 e. The van der Waals surface area contributed by atoms with Gasteiger partial charge in [0.15, 0.2) is 0 Å². The number of hydrogen-bond acceptors (Lipinski definition) is 3. The number of piperidine rings is 2. The molecule has 1 atom stereocenters. The van der Waals surface area contributed by atoms with E-state index in [4.69, 9.17) is 10.5 Å². The van der Waals surface area contributed by atoms with Crippen LogP contribution in [0.1, 0.15) is 44.1 Å². The Morgan fingerprint density at radius 2 is 2.00 bits per heavy atom. The summed E-state index contributed by atoms with van der Waals surface area (Å²) in [4.78, 5) is 15.8. The molecule has 2 fully saturated rings. The van der Waals surface area contributed by atoms with Crippen LogP contribution in [0.25, 0.3) is 0 Å². The summed E-state index contributed by atoms with van der Waals surface area (Å²) < 4.78 is 6.56. The van der Waals surface area contributed by atoms with Gasteiger partial charge in [0.05, 0.1) is 7.11 Å². The van der Waals surface area contributed by atoms with Crippen molar-refractivity contribution in [3.8, 4) is 5.75 Å². The lowest BCUT2D eigenvalue weighted by Gasteiger charge is -2.34. The van der Waals surface area contributed by atoms with E-state index in [1.54, 1.807) is 7.11 Å². The molecule has 3 rings (SSSR count). The van der Waals surface area contributed by atoms with Gasteiger partial charge in [0.25, 0.3) is 0 Å². The van der Waals surface area contributed by atoms with E-state index in [2.05, 4.69) is 33.0 Å². The minimum atomic E-state index is -0.255. The Kier molecular flexibility index (Phi) is 8.03. The minimum absolute atomic E-state index is 0.255. The van der Waals surface area contributed by atoms with Crippen LogP contribution >= 0.6 is 15.9 Å². The average Bonchev–Trinajstić information content (AvgIpc) is 2.71. The number of halogens is 1. The van der Waals surface area contributed by atoms with Gasteiger partial charge >= 0.3 is 6.03 Å². The van der Waals surface area contributed by atoms with Crippen LogP contribution < -0.4 is 10.5 Å². The normalized spacial score (nSPS) is 21.6. The number of carbonyl (C=O) groups is 1. The van der Waals surface area contributed by atoms with Crippen LogP contribution in [0.2, 0.25) is 0 Å². The van der Waals surface area contributed by atoms with Crippen molar-refractivity contribution in [2.24, 2.45) is 17.6 Å². The zero-order valence-corrected chi connectivity index (χ0v) is 18.6. The number of primary amides is 1. The Balaban J connectivity index is 1.36. The van der Waals surface area contributed by atoms with Crippen LogP contribution in [-0.2, 0) is 6.42 Å². The van der Waals surface area contributed by atoms with Crippen LogP contribution in [0, 0.1) is 11.8 Å². The fraction of sp³-hybridized carbons (Fsp3) is 0.682. The number of hydrogen-bond donors (Lipinski definition) is 1. The summed E-state index contributed by atoms with van der Waals surface area (Å²) in [5, 5.41) is 0. The van der Waals surface area contributed by atoms with E-state index >= 15 is 0 Å². The van der Waals surface area contributed by atoms with Gasteiger partial charge in [0.1, 0.15) is 5.75 Å². The fourth-order valence-electron chi connectivity index (χ4n) is 4.66. The lowest BCUT2D eigenvalue weighted by molar-refractivity contribution is 0.157. The van der Waals surface area contributed by atoms with Gasteiger partial charge in [-0.2, -0.15) is 0 Å². The standard InChI is InChI=1S/C22H34BrN3O2/c1-28-20-6-7-21(23)19(15-20)14-17-8-12-25(13-9-17)10-2-4-18-5-3-11-26(16-18)22(24)27/h6-7,15,17-18H,2-5,8-14,16H2,1H3,(H2,24,27). The summed E-state index contributed by atoms with van der Waals surface area (Å²) in [6, 6.07) is 6.00. The van der Waals surface area contributed by atoms with Crippen molar-refractivity contribution in [3.63, 3.8) is 0 Å². The zero-order valence-electron chi connectivity index (χ0n) is 17.0. The summed E-state index contributed by atoms with van der Waals surface area (Å²) in [5.74, 6) is 2.32. The number of amides is 2. The van der Waals surface area contributed by atoms with Crippen molar-refractivity contribution >= 4 is 22.0 Å². The van der Waals surface area contributed by atoms with Crippen LogP contribution in [0.5, 0.6) is 5.75 Å². The summed E-state index contributed by atoms with van der Waals surface area (Å²) in [6.07, 6.45) is 8.42. The van der Waals surface area contributed by atoms with Gasteiger partial charge < -0.3 is 20.3 Å². The molecule has 0 bridgehead atoms. The highest BCUT2D eigenvalue weighted by Crippen LogP contribution is 2.29. The molecule has 2 heterocycles. The number of likely N-dealkylation sites (tertiary alicyclic amines) is 2. The number of nitrogens with zero attached hydrogens (tertiary/aromatic N) is 2. The molecule has 2 aliphatic rings. The highest BCUT2D eigenvalue weighted by Gasteiger charge is 2.23. The van der Waals surface area contributed by atoms with Crippen LogP contribution in [-0.4, -0.2) is 55.7 Å². The maximum atomic E-state index is 11.4. The van der Waals surface area contributed by atoms with Crippen LogP contribution in [0.3, 0.4) is 0 Å². The second-order valence-electron chi connectivity index (χ2n) is 8.38. The predicted molar refractivity (Wildman–Crippen MR) is 117 cm³/mol. The first-order valence-electron chi connectivity index (χ1n) is 10.6.